The van der Waals surface area contributed by atoms with Crippen LogP contribution in [0.5, 0.6) is 0 Å². The first-order valence-electron chi connectivity index (χ1n) is 7.86. The molecule has 1 unspecified atom stereocenters. The average Bonchev–Trinajstić information content (AvgIpc) is 3.25. The molecule has 2 aliphatic heterocycles. The van der Waals surface area contributed by atoms with E-state index < -0.39 is 17.8 Å². The largest absolute Gasteiger partial charge is 0.333 e. The van der Waals surface area contributed by atoms with E-state index in [-0.39, 0.29) is 24.7 Å². The van der Waals surface area contributed by atoms with Crippen LogP contribution < -0.4 is 0 Å². The molecule has 2 heterocycles. The minimum absolute atomic E-state index is 0.0976. The summed E-state index contributed by atoms with van der Waals surface area (Å²) in [6.07, 6.45) is 11.4. The van der Waals surface area contributed by atoms with Gasteiger partial charge >= 0.3 is 5.97 Å². The van der Waals surface area contributed by atoms with Gasteiger partial charge in [-0.15, -0.1) is 5.06 Å². The third-order valence-corrected chi connectivity index (χ3v) is 4.75. The Morgan fingerprint density at radius 3 is 2.88 bits per heavy atom. The van der Waals surface area contributed by atoms with Crippen LogP contribution in [0.25, 0.3) is 0 Å². The Hall–Kier alpha value is -2.83. The zero-order chi connectivity index (χ0) is 16.7. The number of hydroxylamine groups is 2. The Labute approximate surface area is 138 Å². The molecule has 2 aliphatic carbocycles. The number of carbonyl (C=O) groups is 3. The summed E-state index contributed by atoms with van der Waals surface area (Å²) in [5, 5.41) is 8.61. The molecular formula is C17H15N3O4. The van der Waals surface area contributed by atoms with E-state index in [0.29, 0.717) is 11.5 Å². The Kier molecular flexibility index (Phi) is 3.30. The zero-order valence-corrected chi connectivity index (χ0v) is 12.9. The fourth-order valence-electron chi connectivity index (χ4n) is 3.43. The molecule has 4 aliphatic rings. The third-order valence-electron chi connectivity index (χ3n) is 4.75. The lowest BCUT2D eigenvalue weighted by molar-refractivity contribution is -0.197. The maximum absolute atomic E-state index is 12.1. The average molecular weight is 325 g/mol. The normalized spacial score (nSPS) is 27.0. The predicted molar refractivity (Wildman–Crippen MR) is 81.7 cm³/mol. The van der Waals surface area contributed by atoms with Crippen molar-refractivity contribution >= 4 is 17.8 Å². The summed E-state index contributed by atoms with van der Waals surface area (Å²) in [6.45, 7) is 0. The highest BCUT2D eigenvalue weighted by Crippen LogP contribution is 2.50. The molecule has 0 N–H and O–H groups in total. The summed E-state index contributed by atoms with van der Waals surface area (Å²) in [5.41, 5.74) is 2.74. The van der Waals surface area contributed by atoms with Crippen LogP contribution in [-0.2, 0) is 19.2 Å². The Balaban J connectivity index is 1.43. The van der Waals surface area contributed by atoms with Crippen LogP contribution in [0, 0.1) is 5.41 Å². The van der Waals surface area contributed by atoms with Crippen molar-refractivity contribution in [2.75, 3.05) is 0 Å². The Morgan fingerprint density at radius 1 is 1.29 bits per heavy atom. The molecule has 1 atom stereocenters. The molecule has 0 aromatic rings. The van der Waals surface area contributed by atoms with Crippen molar-refractivity contribution in [2.24, 2.45) is 15.6 Å². The number of carbonyl (C=O) groups excluding carboxylic acids is 3. The number of imide groups is 1. The summed E-state index contributed by atoms with van der Waals surface area (Å²) in [7, 11) is 0. The lowest BCUT2D eigenvalue weighted by Crippen LogP contribution is -2.32. The molecule has 7 nitrogen and oxygen atoms in total. The Bertz CT molecular complexity index is 787. The van der Waals surface area contributed by atoms with Gasteiger partial charge in [-0.25, -0.2) is 4.79 Å². The zero-order valence-electron chi connectivity index (χ0n) is 12.9. The maximum Gasteiger partial charge on any atom is 0.333 e. The topological polar surface area (TPSA) is 88.4 Å². The molecule has 24 heavy (non-hydrogen) atoms. The van der Waals surface area contributed by atoms with E-state index >= 15 is 0 Å². The molecule has 7 heteroatoms. The fourth-order valence-corrected chi connectivity index (χ4v) is 3.43. The molecule has 2 amide bonds. The highest BCUT2D eigenvalue weighted by molar-refractivity contribution is 6.01. The molecule has 0 aromatic carbocycles. The molecule has 1 saturated heterocycles. The number of azo groups is 1. The van der Waals surface area contributed by atoms with Crippen LogP contribution >= 0.6 is 0 Å². The van der Waals surface area contributed by atoms with Crippen LogP contribution in [0.4, 0.5) is 0 Å². The molecule has 0 saturated carbocycles. The first kappa shape index (κ1) is 14.7. The molecule has 0 aromatic heterocycles. The van der Waals surface area contributed by atoms with Crippen LogP contribution in [0.3, 0.4) is 0 Å². The minimum Gasteiger partial charge on any atom is -0.330 e. The highest BCUT2D eigenvalue weighted by atomic mass is 16.7. The molecular weight excluding hydrogens is 310 g/mol. The molecule has 0 radical (unpaired) electrons. The third kappa shape index (κ3) is 2.33. The molecule has 4 rings (SSSR count). The van der Waals surface area contributed by atoms with E-state index in [1.54, 1.807) is 6.20 Å². The van der Waals surface area contributed by atoms with Crippen molar-refractivity contribution in [3.8, 4) is 0 Å². The number of hydrogen-bond acceptors (Lipinski definition) is 6. The van der Waals surface area contributed by atoms with Gasteiger partial charge < -0.3 is 4.84 Å². The van der Waals surface area contributed by atoms with Crippen LogP contribution in [0.1, 0.15) is 32.1 Å². The summed E-state index contributed by atoms with van der Waals surface area (Å²) < 4.78 is 0. The fraction of sp³-hybridized carbons (Fsp3) is 0.353. The number of hydrogen-bond donors (Lipinski definition) is 0. The second-order valence-corrected chi connectivity index (χ2v) is 6.26. The quantitative estimate of drug-likeness (QED) is 0.743. The van der Waals surface area contributed by atoms with E-state index in [2.05, 4.69) is 16.3 Å². The van der Waals surface area contributed by atoms with Crippen molar-refractivity contribution in [3.63, 3.8) is 0 Å². The second-order valence-electron chi connectivity index (χ2n) is 6.26. The van der Waals surface area contributed by atoms with Crippen molar-refractivity contribution in [2.45, 2.75) is 32.1 Å². The van der Waals surface area contributed by atoms with Gasteiger partial charge in [0.15, 0.2) is 0 Å². The summed E-state index contributed by atoms with van der Waals surface area (Å²) >= 11 is 0. The minimum atomic E-state index is -0.572. The smallest absolute Gasteiger partial charge is 0.330 e. The Morgan fingerprint density at radius 2 is 2.08 bits per heavy atom. The van der Waals surface area contributed by atoms with Gasteiger partial charge in [0, 0.05) is 30.3 Å². The number of allylic oxidation sites excluding steroid dienone is 6. The lowest BCUT2D eigenvalue weighted by atomic mass is 9.70. The molecule has 122 valence electrons. The molecule has 0 bridgehead atoms. The van der Waals surface area contributed by atoms with Gasteiger partial charge in [0.25, 0.3) is 11.8 Å². The number of nitrogens with zero attached hydrogens (tertiary/aromatic N) is 3. The van der Waals surface area contributed by atoms with Crippen molar-refractivity contribution in [1.82, 2.24) is 5.06 Å². The predicted octanol–water partition coefficient (Wildman–Crippen LogP) is 2.49. The lowest BCUT2D eigenvalue weighted by Gasteiger charge is -2.33. The highest BCUT2D eigenvalue weighted by Gasteiger charge is 2.40. The van der Waals surface area contributed by atoms with E-state index in [4.69, 9.17) is 4.84 Å². The maximum atomic E-state index is 12.1. The SMILES string of the molecule is O=C(CCC12C=CC=C1C=C1N=NC=C1C2)ON1C(=O)CCC1=O. The van der Waals surface area contributed by atoms with Gasteiger partial charge in [-0.2, -0.15) is 10.2 Å². The van der Waals surface area contributed by atoms with Crippen LogP contribution in [0.15, 0.2) is 57.6 Å². The van der Waals surface area contributed by atoms with Gasteiger partial charge in [0.1, 0.15) is 0 Å². The van der Waals surface area contributed by atoms with Crippen molar-refractivity contribution in [1.29, 1.82) is 0 Å². The van der Waals surface area contributed by atoms with Crippen molar-refractivity contribution < 1.29 is 19.2 Å². The van der Waals surface area contributed by atoms with Crippen molar-refractivity contribution in [3.05, 3.63) is 47.3 Å². The van der Waals surface area contributed by atoms with Gasteiger partial charge in [-0.1, -0.05) is 18.2 Å². The van der Waals surface area contributed by atoms with Gasteiger partial charge in [-0.05, 0) is 24.5 Å². The summed E-state index contributed by atoms with van der Waals surface area (Å²) in [5.74, 6) is -1.49. The van der Waals surface area contributed by atoms with E-state index in [9.17, 15) is 14.4 Å². The second kappa shape index (κ2) is 5.36. The standard InChI is InChI=1S/C17H15N3O4/c21-14-3-4-15(22)20(14)24-16(23)5-7-17-6-1-2-12(17)8-13-11(9-17)10-18-19-13/h1-2,6,8,10H,3-5,7,9H2. The summed E-state index contributed by atoms with van der Waals surface area (Å²) in [4.78, 5) is 40.0. The monoisotopic (exact) mass is 325 g/mol. The number of amides is 2. The molecule has 0 spiro atoms. The first-order valence-corrected chi connectivity index (χ1v) is 7.86. The summed E-state index contributed by atoms with van der Waals surface area (Å²) in [6, 6.07) is 0. The van der Waals surface area contributed by atoms with Crippen LogP contribution in [-0.4, -0.2) is 22.8 Å². The van der Waals surface area contributed by atoms with E-state index in [1.165, 1.54) is 0 Å². The number of rotatable bonds is 4. The number of fused-ring (bicyclic) bond motifs is 2. The first-order chi connectivity index (χ1) is 11.6. The van der Waals surface area contributed by atoms with Gasteiger partial charge in [0.05, 0.1) is 11.9 Å². The van der Waals surface area contributed by atoms with Gasteiger partial charge in [0.2, 0.25) is 0 Å². The molecule has 1 fully saturated rings. The van der Waals surface area contributed by atoms with Crippen LogP contribution in [0.2, 0.25) is 0 Å². The van der Waals surface area contributed by atoms with E-state index in [0.717, 1.165) is 23.3 Å². The van der Waals surface area contributed by atoms with E-state index in [1.807, 2.05) is 18.2 Å². The van der Waals surface area contributed by atoms with Gasteiger partial charge in [-0.3, -0.25) is 9.59 Å².